The van der Waals surface area contributed by atoms with Gasteiger partial charge in [-0.1, -0.05) is 13.8 Å². The first kappa shape index (κ1) is 34.7. The van der Waals surface area contributed by atoms with E-state index in [0.717, 1.165) is 5.52 Å². The highest BCUT2D eigenvalue weighted by Gasteiger charge is 2.47. The third-order valence-corrected chi connectivity index (χ3v) is 7.75. The van der Waals surface area contributed by atoms with E-state index in [1.807, 2.05) is 32.2 Å². The fourth-order valence-corrected chi connectivity index (χ4v) is 5.23. The minimum atomic E-state index is -5.35. The zero-order valence-electron chi connectivity index (χ0n) is 20.3. The minimum Gasteiger partial charge on any atom is -0.387 e. The Balaban J connectivity index is 0.000000500. The van der Waals surface area contributed by atoms with Crippen molar-refractivity contribution < 1.29 is 60.6 Å². The van der Waals surface area contributed by atoms with Gasteiger partial charge >= 0.3 is 23.5 Å². The molecular weight excluding hydrogens is 552 g/mol. The number of nitrogen functional groups attached to an aromatic ring is 1. The van der Waals surface area contributed by atoms with Crippen LogP contribution in [0.15, 0.2) is 24.7 Å². The van der Waals surface area contributed by atoms with Crippen molar-refractivity contribution in [3.63, 3.8) is 0 Å². The first-order valence-corrected chi connectivity index (χ1v) is 14.6. The predicted molar refractivity (Wildman–Crippen MR) is 125 cm³/mol. The van der Waals surface area contributed by atoms with E-state index in [1.54, 1.807) is 25.3 Å². The molecule has 0 saturated carbocycles. The van der Waals surface area contributed by atoms with E-state index in [2.05, 4.69) is 23.2 Å². The van der Waals surface area contributed by atoms with Gasteiger partial charge < -0.3 is 35.2 Å². The number of rotatable bonds is 5. The molecule has 5 atom stereocenters. The molecule has 0 radical (unpaired) electrons. The van der Waals surface area contributed by atoms with Gasteiger partial charge in [0.1, 0.15) is 17.9 Å². The standard InChI is InChI=1S/C7H13FO2.C6H6N4.C2H6.CH7O10P3/c1-4-5(8)6(9)7(2,3)10-4;7-6-5-2-1-3-10(5)9-4-8-6;1-2;1-9-13(5,6)11-14(7,8)10-12(2,3)4/h4-6,9H,1-3H3;1-4H,(H2,7,8,9);1-2H3;1H3,(H,5,6)(H,7,8)(H2,2,3,4)/t4?,5-,6-;;;/m0.../s1. The van der Waals surface area contributed by atoms with Crippen molar-refractivity contribution in [2.75, 3.05) is 12.8 Å². The number of ether oxygens (including phenoxy) is 1. The Hall–Kier alpha value is -1.32. The van der Waals surface area contributed by atoms with E-state index in [-0.39, 0.29) is 0 Å². The fraction of sp³-hybridized carbons (Fsp3) is 0.625. The Labute approximate surface area is 206 Å². The summed E-state index contributed by atoms with van der Waals surface area (Å²) in [5, 5.41) is 13.1. The smallest absolute Gasteiger partial charge is 0.387 e. The third kappa shape index (κ3) is 11.8. The molecule has 1 aliphatic rings. The van der Waals surface area contributed by atoms with Gasteiger partial charge in [-0.3, -0.25) is 4.52 Å². The molecule has 20 heteroatoms. The van der Waals surface area contributed by atoms with E-state index >= 15 is 0 Å². The molecule has 1 saturated heterocycles. The second kappa shape index (κ2) is 14.0. The number of phosphoric acid groups is 3. The molecule has 3 heterocycles. The Morgan fingerprint density at radius 3 is 2.06 bits per heavy atom. The van der Waals surface area contributed by atoms with Crippen molar-refractivity contribution in [2.45, 2.75) is 58.6 Å². The highest BCUT2D eigenvalue weighted by molar-refractivity contribution is 7.66. The molecule has 1 aliphatic heterocycles. The lowest BCUT2D eigenvalue weighted by atomic mass is 10.0. The fourth-order valence-electron chi connectivity index (χ4n) is 2.45. The van der Waals surface area contributed by atoms with Gasteiger partial charge in [0.05, 0.1) is 11.7 Å². The number of phosphoric ester groups is 1. The maximum atomic E-state index is 12.8. The van der Waals surface area contributed by atoms with Gasteiger partial charge in [0.2, 0.25) is 0 Å². The Morgan fingerprint density at radius 1 is 1.14 bits per heavy atom. The highest BCUT2D eigenvalue weighted by atomic mass is 31.3. The molecule has 0 spiro atoms. The molecule has 0 aliphatic carbocycles. The van der Waals surface area contributed by atoms with Crippen LogP contribution in [0.1, 0.15) is 34.6 Å². The number of aliphatic hydroxyl groups is 1. The number of nitrogens with two attached hydrogens (primary N) is 1. The number of aromatic nitrogens is 3. The Kier molecular flexibility index (Phi) is 13.5. The van der Waals surface area contributed by atoms with Crippen LogP contribution >= 0.6 is 23.5 Å². The molecule has 7 N–H and O–H groups in total. The number of nitrogens with zero attached hydrogens (tertiary/aromatic N) is 3. The zero-order chi connectivity index (χ0) is 28.5. The molecular formula is C16H32FN4O12P3. The quantitative estimate of drug-likeness (QED) is 0.276. The summed E-state index contributed by atoms with van der Waals surface area (Å²) in [6.45, 7) is 9.00. The molecule has 0 amide bonds. The van der Waals surface area contributed by atoms with Crippen LogP contribution < -0.4 is 5.73 Å². The van der Waals surface area contributed by atoms with Crippen LogP contribution in [-0.2, 0) is 31.6 Å². The monoisotopic (exact) mass is 584 g/mol. The predicted octanol–water partition coefficient (Wildman–Crippen LogP) is 2.18. The second-order valence-corrected chi connectivity index (χ2v) is 11.6. The number of anilines is 1. The van der Waals surface area contributed by atoms with Gasteiger partial charge in [-0.25, -0.2) is 27.6 Å². The summed E-state index contributed by atoms with van der Waals surface area (Å²) in [6.07, 6.45) is 0.554. The van der Waals surface area contributed by atoms with Gasteiger partial charge in [-0.2, -0.15) is 13.7 Å². The summed E-state index contributed by atoms with van der Waals surface area (Å²) in [4.78, 5) is 37.0. The van der Waals surface area contributed by atoms with E-state index in [9.17, 15) is 23.2 Å². The molecule has 0 bridgehead atoms. The highest BCUT2D eigenvalue weighted by Crippen LogP contribution is 2.66. The second-order valence-electron chi connectivity index (χ2n) is 7.07. The van der Waals surface area contributed by atoms with Gasteiger partial charge in [0, 0.05) is 13.3 Å². The maximum Gasteiger partial charge on any atom is 0.490 e. The average Bonchev–Trinajstić information content (AvgIpc) is 3.28. The van der Waals surface area contributed by atoms with Crippen molar-refractivity contribution in [1.82, 2.24) is 14.6 Å². The first-order chi connectivity index (χ1) is 16.3. The lowest BCUT2D eigenvalue weighted by Crippen LogP contribution is -2.35. The van der Waals surface area contributed by atoms with Crippen LogP contribution in [0, 0.1) is 0 Å². The lowest BCUT2D eigenvalue weighted by molar-refractivity contribution is -0.0513. The maximum absolute atomic E-state index is 12.8. The number of halogens is 1. The average molecular weight is 584 g/mol. The number of hydrogen-bond acceptors (Lipinski definition) is 11. The molecule has 36 heavy (non-hydrogen) atoms. The SMILES string of the molecule is CC.CC1OC(C)(C)[C@@H](O)[C@H]1F.COP(=O)(O)OP(=O)(O)OP(=O)(O)O.Nc1ncnn2cccc12. The third-order valence-electron chi connectivity index (χ3n) is 3.96. The van der Waals surface area contributed by atoms with Gasteiger partial charge in [-0.15, -0.1) is 0 Å². The lowest BCUT2D eigenvalue weighted by Gasteiger charge is -2.20. The summed E-state index contributed by atoms with van der Waals surface area (Å²) in [6, 6.07) is 3.75. The largest absolute Gasteiger partial charge is 0.490 e. The summed E-state index contributed by atoms with van der Waals surface area (Å²) >= 11 is 0. The van der Waals surface area contributed by atoms with Crippen molar-refractivity contribution in [3.8, 4) is 0 Å². The minimum absolute atomic E-state index is 0.481. The van der Waals surface area contributed by atoms with Crippen LogP contribution in [0.25, 0.3) is 5.52 Å². The zero-order valence-corrected chi connectivity index (χ0v) is 23.0. The van der Waals surface area contributed by atoms with E-state index in [1.165, 1.54) is 6.33 Å². The van der Waals surface area contributed by atoms with E-state index < -0.39 is 47.4 Å². The van der Waals surface area contributed by atoms with Crippen LogP contribution in [0.5, 0.6) is 0 Å². The Morgan fingerprint density at radius 2 is 1.69 bits per heavy atom. The topological polar surface area (TPSA) is 245 Å². The summed E-state index contributed by atoms with van der Waals surface area (Å²) < 4.78 is 61.2. The van der Waals surface area contributed by atoms with Crippen molar-refractivity contribution in [1.29, 1.82) is 0 Å². The molecule has 0 aromatic carbocycles. The van der Waals surface area contributed by atoms with Crippen LogP contribution in [-0.4, -0.2) is 70.4 Å². The number of fused-ring (bicyclic) bond motifs is 1. The molecule has 16 nitrogen and oxygen atoms in total. The molecule has 2 aromatic heterocycles. The van der Waals surface area contributed by atoms with Crippen LogP contribution in [0.4, 0.5) is 10.2 Å². The first-order valence-electron chi connectivity index (χ1n) is 10.0. The summed E-state index contributed by atoms with van der Waals surface area (Å²) in [5.41, 5.74) is 5.65. The summed E-state index contributed by atoms with van der Waals surface area (Å²) in [5.74, 6) is 0.514. The van der Waals surface area contributed by atoms with Crippen molar-refractivity contribution in [3.05, 3.63) is 24.7 Å². The number of hydrogen-bond donors (Lipinski definition) is 6. The van der Waals surface area contributed by atoms with Crippen molar-refractivity contribution in [2.24, 2.45) is 0 Å². The normalized spacial score (nSPS) is 24.1. The molecule has 3 unspecified atom stereocenters. The molecule has 210 valence electrons. The number of aliphatic hydroxyl groups excluding tert-OH is 1. The van der Waals surface area contributed by atoms with Crippen LogP contribution in [0.2, 0.25) is 0 Å². The molecule has 2 aromatic rings. The molecule has 1 fully saturated rings. The van der Waals surface area contributed by atoms with E-state index in [4.69, 9.17) is 30.0 Å². The summed E-state index contributed by atoms with van der Waals surface area (Å²) in [7, 11) is -14.8. The Bertz CT molecular complexity index is 1100. The van der Waals surface area contributed by atoms with E-state index in [0.29, 0.717) is 12.9 Å². The molecule has 3 rings (SSSR count). The van der Waals surface area contributed by atoms with Gasteiger partial charge in [-0.05, 0) is 32.9 Å². The van der Waals surface area contributed by atoms with Crippen molar-refractivity contribution >= 4 is 34.8 Å². The van der Waals surface area contributed by atoms with Gasteiger partial charge in [0.15, 0.2) is 12.0 Å². The number of alkyl halides is 1. The van der Waals surface area contributed by atoms with Gasteiger partial charge in [0.25, 0.3) is 0 Å². The van der Waals surface area contributed by atoms with Crippen LogP contribution in [0.3, 0.4) is 0 Å².